The Bertz CT molecular complexity index is 338. The van der Waals surface area contributed by atoms with Crippen LogP contribution in [0.3, 0.4) is 0 Å². The van der Waals surface area contributed by atoms with Gasteiger partial charge in [-0.25, -0.2) is 4.39 Å². The van der Waals surface area contributed by atoms with Gasteiger partial charge in [-0.15, -0.1) is 0 Å². The largest absolute Gasteiger partial charge is 0.330 e. The fourth-order valence-corrected chi connectivity index (χ4v) is 2.68. The van der Waals surface area contributed by atoms with Crippen LogP contribution in [-0.2, 0) is 12.1 Å². The second kappa shape index (κ2) is 5.63. The van der Waals surface area contributed by atoms with Crippen LogP contribution in [0.25, 0.3) is 0 Å². The fraction of sp³-hybridized carbons (Fsp3) is 0.600. The van der Waals surface area contributed by atoms with E-state index in [1.54, 1.807) is 0 Å². The Balaban J connectivity index is 2.06. The minimum absolute atomic E-state index is 0.690. The number of alkyl halides is 1. The predicted molar refractivity (Wildman–Crippen MR) is 69.7 cm³/mol. The highest BCUT2D eigenvalue weighted by Gasteiger charge is 2.33. The molecule has 0 spiro atoms. The summed E-state index contributed by atoms with van der Waals surface area (Å²) in [4.78, 5) is 0. The topological polar surface area (TPSA) is 26.0 Å². The van der Waals surface area contributed by atoms with Gasteiger partial charge in [-0.3, -0.25) is 0 Å². The Morgan fingerprint density at radius 2 is 1.71 bits per heavy atom. The van der Waals surface area contributed by atoms with Crippen LogP contribution in [0.4, 0.5) is 4.39 Å². The number of benzene rings is 1. The van der Waals surface area contributed by atoms with Gasteiger partial charge in [-0.05, 0) is 56.2 Å². The summed E-state index contributed by atoms with van der Waals surface area (Å²) in [6, 6.07) is 8.05. The molecule has 1 aliphatic rings. The molecule has 1 aliphatic carbocycles. The average molecular weight is 235 g/mol. The summed E-state index contributed by atoms with van der Waals surface area (Å²) < 4.78 is 14.7. The van der Waals surface area contributed by atoms with Crippen molar-refractivity contribution in [2.45, 2.75) is 50.6 Å². The number of nitrogens with two attached hydrogens (primary N) is 1. The monoisotopic (exact) mass is 235 g/mol. The van der Waals surface area contributed by atoms with Crippen molar-refractivity contribution in [2.75, 3.05) is 6.54 Å². The standard InChI is InChI=1S/C15H22FN/c16-15(10-2-1-3-11-15)14-8-6-13(7-9-14)5-4-12-17/h6-9H,1-5,10-12,17H2. The first kappa shape index (κ1) is 12.6. The van der Waals surface area contributed by atoms with Crippen LogP contribution >= 0.6 is 0 Å². The lowest BCUT2D eigenvalue weighted by Crippen LogP contribution is -2.23. The smallest absolute Gasteiger partial charge is 0.136 e. The van der Waals surface area contributed by atoms with Crippen molar-refractivity contribution in [3.8, 4) is 0 Å². The number of rotatable bonds is 4. The van der Waals surface area contributed by atoms with Crippen molar-refractivity contribution in [2.24, 2.45) is 5.73 Å². The van der Waals surface area contributed by atoms with E-state index in [-0.39, 0.29) is 0 Å². The van der Waals surface area contributed by atoms with Crippen LogP contribution in [0.15, 0.2) is 24.3 Å². The summed E-state index contributed by atoms with van der Waals surface area (Å²) >= 11 is 0. The van der Waals surface area contributed by atoms with E-state index in [9.17, 15) is 4.39 Å². The molecule has 0 bridgehead atoms. The molecule has 1 fully saturated rings. The molecular formula is C15H22FN. The van der Waals surface area contributed by atoms with Crippen LogP contribution in [0, 0.1) is 0 Å². The van der Waals surface area contributed by atoms with E-state index < -0.39 is 5.67 Å². The zero-order valence-corrected chi connectivity index (χ0v) is 10.4. The van der Waals surface area contributed by atoms with Crippen molar-refractivity contribution in [3.05, 3.63) is 35.4 Å². The van der Waals surface area contributed by atoms with E-state index in [4.69, 9.17) is 5.73 Å². The Labute approximate surface area is 103 Å². The van der Waals surface area contributed by atoms with E-state index in [1.165, 1.54) is 12.0 Å². The molecule has 94 valence electrons. The van der Waals surface area contributed by atoms with Crippen molar-refractivity contribution in [1.29, 1.82) is 0 Å². The average Bonchev–Trinajstić information content (AvgIpc) is 2.38. The summed E-state index contributed by atoms with van der Waals surface area (Å²) in [7, 11) is 0. The summed E-state index contributed by atoms with van der Waals surface area (Å²) in [6.07, 6.45) is 6.59. The van der Waals surface area contributed by atoms with Gasteiger partial charge in [0.15, 0.2) is 0 Å². The minimum atomic E-state index is -1.06. The molecule has 0 atom stereocenters. The second-order valence-electron chi connectivity index (χ2n) is 5.12. The molecule has 0 radical (unpaired) electrons. The van der Waals surface area contributed by atoms with E-state index in [1.807, 2.05) is 12.1 Å². The molecule has 17 heavy (non-hydrogen) atoms. The van der Waals surface area contributed by atoms with Crippen molar-refractivity contribution < 1.29 is 4.39 Å². The van der Waals surface area contributed by atoms with Gasteiger partial charge < -0.3 is 5.73 Å². The zero-order chi connectivity index (χ0) is 12.1. The van der Waals surface area contributed by atoms with Gasteiger partial charge in [0.1, 0.15) is 5.67 Å². The van der Waals surface area contributed by atoms with Crippen molar-refractivity contribution in [1.82, 2.24) is 0 Å². The van der Waals surface area contributed by atoms with Crippen LogP contribution in [0.1, 0.15) is 49.7 Å². The molecule has 1 nitrogen and oxygen atoms in total. The van der Waals surface area contributed by atoms with E-state index in [0.717, 1.165) is 37.8 Å². The number of aryl methyl sites for hydroxylation is 1. The Kier molecular flexibility index (Phi) is 4.16. The summed E-state index contributed by atoms with van der Waals surface area (Å²) in [5.74, 6) is 0. The summed E-state index contributed by atoms with van der Waals surface area (Å²) in [6.45, 7) is 0.717. The molecule has 2 rings (SSSR count). The summed E-state index contributed by atoms with van der Waals surface area (Å²) in [5.41, 5.74) is 6.55. The third-order valence-corrected chi connectivity index (χ3v) is 3.79. The lowest BCUT2D eigenvalue weighted by Gasteiger charge is -2.30. The number of halogens is 1. The highest BCUT2D eigenvalue weighted by molar-refractivity contribution is 5.27. The van der Waals surface area contributed by atoms with Crippen LogP contribution in [-0.4, -0.2) is 6.54 Å². The van der Waals surface area contributed by atoms with Gasteiger partial charge in [0.05, 0.1) is 0 Å². The van der Waals surface area contributed by atoms with E-state index >= 15 is 0 Å². The molecule has 0 amide bonds. The Morgan fingerprint density at radius 3 is 2.29 bits per heavy atom. The molecule has 2 N–H and O–H groups in total. The van der Waals surface area contributed by atoms with E-state index in [0.29, 0.717) is 12.8 Å². The van der Waals surface area contributed by atoms with Crippen molar-refractivity contribution >= 4 is 0 Å². The van der Waals surface area contributed by atoms with E-state index in [2.05, 4.69) is 12.1 Å². The maximum atomic E-state index is 14.7. The molecule has 0 heterocycles. The van der Waals surface area contributed by atoms with Gasteiger partial charge >= 0.3 is 0 Å². The molecule has 2 heteroatoms. The highest BCUT2D eigenvalue weighted by Crippen LogP contribution is 2.40. The first-order chi connectivity index (χ1) is 8.24. The first-order valence-corrected chi connectivity index (χ1v) is 6.73. The molecule has 1 aromatic carbocycles. The molecule has 1 saturated carbocycles. The maximum Gasteiger partial charge on any atom is 0.136 e. The van der Waals surface area contributed by atoms with Gasteiger partial charge in [-0.1, -0.05) is 30.7 Å². The van der Waals surface area contributed by atoms with Crippen LogP contribution < -0.4 is 5.73 Å². The maximum absolute atomic E-state index is 14.7. The van der Waals surface area contributed by atoms with Gasteiger partial charge in [0.25, 0.3) is 0 Å². The molecule has 0 aliphatic heterocycles. The predicted octanol–water partition coefficient (Wildman–Crippen LogP) is 3.71. The molecule has 0 aromatic heterocycles. The normalized spacial score (nSPS) is 19.2. The summed E-state index contributed by atoms with van der Waals surface area (Å²) in [5, 5.41) is 0. The lowest BCUT2D eigenvalue weighted by molar-refractivity contribution is 0.106. The van der Waals surface area contributed by atoms with Gasteiger partial charge in [0, 0.05) is 0 Å². The van der Waals surface area contributed by atoms with Crippen molar-refractivity contribution in [3.63, 3.8) is 0 Å². The first-order valence-electron chi connectivity index (χ1n) is 6.73. The Morgan fingerprint density at radius 1 is 1.06 bits per heavy atom. The highest BCUT2D eigenvalue weighted by atomic mass is 19.1. The zero-order valence-electron chi connectivity index (χ0n) is 10.4. The number of hydrogen-bond acceptors (Lipinski definition) is 1. The third kappa shape index (κ3) is 3.06. The fourth-order valence-electron chi connectivity index (χ4n) is 2.68. The Hall–Kier alpha value is -0.890. The molecule has 1 aromatic rings. The number of hydrogen-bond donors (Lipinski definition) is 1. The molecule has 0 saturated heterocycles. The SMILES string of the molecule is NCCCc1ccc(C2(F)CCCCC2)cc1. The molecule has 0 unspecified atom stereocenters. The third-order valence-electron chi connectivity index (χ3n) is 3.79. The quantitative estimate of drug-likeness (QED) is 0.846. The molecular weight excluding hydrogens is 213 g/mol. The minimum Gasteiger partial charge on any atom is -0.330 e. The van der Waals surface area contributed by atoms with Gasteiger partial charge in [-0.2, -0.15) is 0 Å². The van der Waals surface area contributed by atoms with Crippen LogP contribution in [0.5, 0.6) is 0 Å². The lowest BCUT2D eigenvalue weighted by atomic mass is 9.81. The van der Waals surface area contributed by atoms with Crippen LogP contribution in [0.2, 0.25) is 0 Å². The second-order valence-corrected chi connectivity index (χ2v) is 5.12. The van der Waals surface area contributed by atoms with Gasteiger partial charge in [0.2, 0.25) is 0 Å².